The van der Waals surface area contributed by atoms with E-state index in [0.717, 1.165) is 30.3 Å². The van der Waals surface area contributed by atoms with Crippen molar-refractivity contribution in [3.05, 3.63) is 41.7 Å². The second-order valence-electron chi connectivity index (χ2n) is 4.17. The Bertz CT molecular complexity index is 483. The number of nitrogens with zero attached hydrogens (tertiary/aromatic N) is 2. The lowest BCUT2D eigenvalue weighted by molar-refractivity contribution is 0.771. The van der Waals surface area contributed by atoms with Crippen molar-refractivity contribution in [3.63, 3.8) is 0 Å². The highest BCUT2D eigenvalue weighted by atomic mass is 15.2. The molecule has 0 spiro atoms. The molecule has 3 heteroatoms. The molecular weight excluding hydrogens is 210 g/mol. The predicted octanol–water partition coefficient (Wildman–Crippen LogP) is 3.52. The lowest BCUT2D eigenvalue weighted by Gasteiger charge is -2.08. The number of nitrogens with one attached hydrogen (secondary N) is 1. The Labute approximate surface area is 103 Å². The van der Waals surface area contributed by atoms with E-state index in [0.29, 0.717) is 0 Å². The molecule has 1 N–H and O–H groups in total. The number of anilines is 2. The predicted molar refractivity (Wildman–Crippen MR) is 71.7 cm³/mol. The van der Waals surface area contributed by atoms with E-state index >= 15 is 0 Å². The normalized spacial score (nSPS) is 10.5. The minimum Gasteiger partial charge on any atom is -0.326 e. The van der Waals surface area contributed by atoms with E-state index in [4.69, 9.17) is 0 Å². The van der Waals surface area contributed by atoms with Gasteiger partial charge in [-0.05, 0) is 38.0 Å². The summed E-state index contributed by atoms with van der Waals surface area (Å²) in [5.74, 6) is 0.911. The Morgan fingerprint density at radius 3 is 2.47 bits per heavy atom. The quantitative estimate of drug-likeness (QED) is 0.869. The molecule has 0 aliphatic carbocycles. The van der Waals surface area contributed by atoms with Crippen LogP contribution in [-0.2, 0) is 13.0 Å². The second kappa shape index (κ2) is 5.04. The summed E-state index contributed by atoms with van der Waals surface area (Å²) in [6.45, 7) is 7.22. The summed E-state index contributed by atoms with van der Waals surface area (Å²) in [7, 11) is 0. The molecular formula is C14H19N3. The molecule has 0 bridgehead atoms. The zero-order chi connectivity index (χ0) is 12.3. The van der Waals surface area contributed by atoms with E-state index in [1.807, 2.05) is 6.92 Å². The van der Waals surface area contributed by atoms with E-state index < -0.39 is 0 Å². The van der Waals surface area contributed by atoms with Crippen molar-refractivity contribution in [2.75, 3.05) is 5.32 Å². The van der Waals surface area contributed by atoms with Crippen molar-refractivity contribution in [3.8, 4) is 0 Å². The first-order chi connectivity index (χ1) is 8.22. The van der Waals surface area contributed by atoms with Gasteiger partial charge in [0, 0.05) is 18.4 Å². The van der Waals surface area contributed by atoms with Crippen LogP contribution in [0.5, 0.6) is 0 Å². The zero-order valence-corrected chi connectivity index (χ0v) is 10.7. The molecule has 0 fully saturated rings. The number of rotatable bonds is 4. The van der Waals surface area contributed by atoms with Gasteiger partial charge in [0.25, 0.3) is 0 Å². The average molecular weight is 229 g/mol. The molecule has 1 aromatic carbocycles. The van der Waals surface area contributed by atoms with E-state index in [1.165, 1.54) is 5.56 Å². The molecule has 0 aliphatic rings. The van der Waals surface area contributed by atoms with Gasteiger partial charge in [0.1, 0.15) is 0 Å². The fourth-order valence-corrected chi connectivity index (χ4v) is 1.84. The maximum absolute atomic E-state index is 4.47. The number of aryl methyl sites for hydroxylation is 3. The number of hydrogen-bond acceptors (Lipinski definition) is 2. The van der Waals surface area contributed by atoms with Crippen LogP contribution in [0.4, 0.5) is 11.6 Å². The molecule has 0 atom stereocenters. The van der Waals surface area contributed by atoms with Crippen LogP contribution in [0.15, 0.2) is 30.5 Å². The standard InChI is InChI=1S/C14H19N3/c1-4-12-6-8-13(9-7-12)16-14-15-11(3)10-17(14)5-2/h6-10H,4-5H2,1-3H3,(H,15,16). The molecule has 3 nitrogen and oxygen atoms in total. The lowest BCUT2D eigenvalue weighted by Crippen LogP contribution is -2.01. The van der Waals surface area contributed by atoms with Crippen molar-refractivity contribution in [1.29, 1.82) is 0 Å². The fourth-order valence-electron chi connectivity index (χ4n) is 1.84. The van der Waals surface area contributed by atoms with Crippen molar-refractivity contribution in [2.45, 2.75) is 33.7 Å². The minimum absolute atomic E-state index is 0.911. The van der Waals surface area contributed by atoms with Crippen molar-refractivity contribution < 1.29 is 0 Å². The molecule has 0 saturated carbocycles. The van der Waals surface area contributed by atoms with Gasteiger partial charge >= 0.3 is 0 Å². The van der Waals surface area contributed by atoms with E-state index in [1.54, 1.807) is 0 Å². The molecule has 2 rings (SSSR count). The number of benzene rings is 1. The van der Waals surface area contributed by atoms with E-state index in [9.17, 15) is 0 Å². The maximum Gasteiger partial charge on any atom is 0.207 e. The van der Waals surface area contributed by atoms with Crippen LogP contribution in [0.2, 0.25) is 0 Å². The summed E-state index contributed by atoms with van der Waals surface area (Å²) in [4.78, 5) is 4.47. The summed E-state index contributed by atoms with van der Waals surface area (Å²) in [5, 5.41) is 3.35. The van der Waals surface area contributed by atoms with Gasteiger partial charge < -0.3 is 9.88 Å². The summed E-state index contributed by atoms with van der Waals surface area (Å²) in [5.41, 5.74) is 3.48. The Kier molecular flexibility index (Phi) is 3.47. The number of imidazole rings is 1. The fraction of sp³-hybridized carbons (Fsp3) is 0.357. The third-order valence-corrected chi connectivity index (χ3v) is 2.86. The molecule has 0 aliphatic heterocycles. The van der Waals surface area contributed by atoms with E-state index in [2.05, 4.69) is 59.2 Å². The van der Waals surface area contributed by atoms with E-state index in [-0.39, 0.29) is 0 Å². The molecule has 2 aromatic rings. The highest BCUT2D eigenvalue weighted by molar-refractivity contribution is 5.54. The molecule has 0 unspecified atom stereocenters. The first-order valence-electron chi connectivity index (χ1n) is 6.12. The van der Waals surface area contributed by atoms with Gasteiger partial charge in [0.05, 0.1) is 5.69 Å². The molecule has 1 aromatic heterocycles. The van der Waals surface area contributed by atoms with Gasteiger partial charge in [-0.1, -0.05) is 19.1 Å². The minimum atomic E-state index is 0.911. The highest BCUT2D eigenvalue weighted by Crippen LogP contribution is 2.17. The lowest BCUT2D eigenvalue weighted by atomic mass is 10.1. The summed E-state index contributed by atoms with van der Waals surface area (Å²) < 4.78 is 2.11. The number of aromatic nitrogens is 2. The van der Waals surface area contributed by atoms with Crippen LogP contribution >= 0.6 is 0 Å². The van der Waals surface area contributed by atoms with Crippen molar-refractivity contribution in [1.82, 2.24) is 9.55 Å². The van der Waals surface area contributed by atoms with Gasteiger partial charge in [-0.3, -0.25) is 0 Å². The first kappa shape index (κ1) is 11.7. The Hall–Kier alpha value is -1.77. The number of hydrogen-bond donors (Lipinski definition) is 1. The van der Waals surface area contributed by atoms with Crippen molar-refractivity contribution in [2.24, 2.45) is 0 Å². The Morgan fingerprint density at radius 2 is 1.88 bits per heavy atom. The molecule has 1 heterocycles. The smallest absolute Gasteiger partial charge is 0.207 e. The topological polar surface area (TPSA) is 29.9 Å². The van der Waals surface area contributed by atoms with Gasteiger partial charge in [-0.15, -0.1) is 0 Å². The largest absolute Gasteiger partial charge is 0.326 e. The molecule has 0 saturated heterocycles. The van der Waals surface area contributed by atoms with Gasteiger partial charge in [0.15, 0.2) is 0 Å². The van der Waals surface area contributed by atoms with Crippen LogP contribution in [0, 0.1) is 6.92 Å². The van der Waals surface area contributed by atoms with Crippen LogP contribution in [0.25, 0.3) is 0 Å². The third kappa shape index (κ3) is 2.67. The monoisotopic (exact) mass is 229 g/mol. The van der Waals surface area contributed by atoms with Crippen LogP contribution in [0.1, 0.15) is 25.1 Å². The van der Waals surface area contributed by atoms with Gasteiger partial charge in [-0.25, -0.2) is 4.98 Å². The zero-order valence-electron chi connectivity index (χ0n) is 10.7. The maximum atomic E-state index is 4.47. The van der Waals surface area contributed by atoms with Gasteiger partial charge in [-0.2, -0.15) is 0 Å². The summed E-state index contributed by atoms with van der Waals surface area (Å²) in [6, 6.07) is 8.49. The average Bonchev–Trinajstić information content (AvgIpc) is 2.70. The Morgan fingerprint density at radius 1 is 1.18 bits per heavy atom. The van der Waals surface area contributed by atoms with Gasteiger partial charge in [0.2, 0.25) is 5.95 Å². The SMILES string of the molecule is CCc1ccc(Nc2nc(C)cn2CC)cc1. The summed E-state index contributed by atoms with van der Waals surface area (Å²) >= 11 is 0. The molecule has 17 heavy (non-hydrogen) atoms. The van der Waals surface area contributed by atoms with Crippen LogP contribution < -0.4 is 5.32 Å². The molecule has 90 valence electrons. The van der Waals surface area contributed by atoms with Crippen LogP contribution in [0.3, 0.4) is 0 Å². The third-order valence-electron chi connectivity index (χ3n) is 2.86. The highest BCUT2D eigenvalue weighted by Gasteiger charge is 2.03. The summed E-state index contributed by atoms with van der Waals surface area (Å²) in [6.07, 6.45) is 3.13. The Balaban J connectivity index is 2.18. The first-order valence-corrected chi connectivity index (χ1v) is 6.12. The molecule has 0 amide bonds. The van der Waals surface area contributed by atoms with Crippen molar-refractivity contribution >= 4 is 11.6 Å². The van der Waals surface area contributed by atoms with Crippen LogP contribution in [-0.4, -0.2) is 9.55 Å². The molecule has 0 radical (unpaired) electrons. The second-order valence-corrected chi connectivity index (χ2v) is 4.17.